The van der Waals surface area contributed by atoms with Gasteiger partial charge in [0, 0.05) is 0 Å². The molecule has 62 valence electrons. The van der Waals surface area contributed by atoms with E-state index in [1.54, 1.807) is 5.57 Å². The quantitative estimate of drug-likeness (QED) is 0.464. The fraction of sp³-hybridized carbons (Fsp3) is 0.818. The summed E-state index contributed by atoms with van der Waals surface area (Å²) >= 11 is 0. The van der Waals surface area contributed by atoms with Gasteiger partial charge >= 0.3 is 0 Å². The second-order valence-corrected chi connectivity index (χ2v) is 5.07. The van der Waals surface area contributed by atoms with Crippen LogP contribution in [0.3, 0.4) is 0 Å². The molecule has 0 amide bonds. The Hall–Kier alpha value is -0.260. The van der Waals surface area contributed by atoms with E-state index in [-0.39, 0.29) is 0 Å². The van der Waals surface area contributed by atoms with Crippen molar-refractivity contribution in [3.05, 3.63) is 11.6 Å². The zero-order valence-electron chi connectivity index (χ0n) is 7.85. The second-order valence-electron chi connectivity index (χ2n) is 5.07. The van der Waals surface area contributed by atoms with Crippen molar-refractivity contribution in [3.8, 4) is 0 Å². The minimum Gasteiger partial charge on any atom is -0.0808 e. The highest BCUT2D eigenvalue weighted by Crippen LogP contribution is 2.52. The van der Waals surface area contributed by atoms with E-state index in [9.17, 15) is 0 Å². The smallest absolute Gasteiger partial charge is 0.0135 e. The van der Waals surface area contributed by atoms with Crippen LogP contribution in [0.1, 0.15) is 40.0 Å². The van der Waals surface area contributed by atoms with Crippen molar-refractivity contribution in [2.24, 2.45) is 17.3 Å². The van der Waals surface area contributed by atoms with Crippen LogP contribution in [0.15, 0.2) is 11.6 Å². The molecule has 0 aromatic carbocycles. The van der Waals surface area contributed by atoms with Gasteiger partial charge in [0.2, 0.25) is 0 Å². The average Bonchev–Trinajstić information content (AvgIpc) is 2.08. The Balaban J connectivity index is 2.15. The molecule has 0 nitrogen and oxygen atoms in total. The minimum absolute atomic E-state index is 0.450. The van der Waals surface area contributed by atoms with Crippen molar-refractivity contribution in [1.82, 2.24) is 0 Å². The Morgan fingerprint density at radius 1 is 1.27 bits per heavy atom. The number of fused-ring (bicyclic) bond motifs is 1. The molecule has 2 aliphatic carbocycles. The van der Waals surface area contributed by atoms with Crippen LogP contribution in [0.25, 0.3) is 0 Å². The summed E-state index contributed by atoms with van der Waals surface area (Å²) in [6, 6.07) is 0. The lowest BCUT2D eigenvalue weighted by atomic mass is 9.66. The van der Waals surface area contributed by atoms with E-state index < -0.39 is 0 Å². The summed E-state index contributed by atoms with van der Waals surface area (Å²) in [7, 11) is 0. The summed E-state index contributed by atoms with van der Waals surface area (Å²) in [5.41, 5.74) is 2.19. The molecule has 11 heavy (non-hydrogen) atoms. The third-order valence-electron chi connectivity index (χ3n) is 3.23. The topological polar surface area (TPSA) is 0 Å². The third-order valence-corrected chi connectivity index (χ3v) is 3.23. The van der Waals surface area contributed by atoms with Crippen molar-refractivity contribution >= 4 is 0 Å². The monoisotopic (exact) mass is 150 g/mol. The van der Waals surface area contributed by atoms with Gasteiger partial charge in [0.1, 0.15) is 0 Å². The molecule has 2 atom stereocenters. The van der Waals surface area contributed by atoms with Crippen LogP contribution in [0.2, 0.25) is 0 Å². The van der Waals surface area contributed by atoms with Crippen LogP contribution in [-0.2, 0) is 0 Å². The van der Waals surface area contributed by atoms with Gasteiger partial charge in [0.25, 0.3) is 0 Å². The van der Waals surface area contributed by atoms with Crippen LogP contribution in [0.4, 0.5) is 0 Å². The van der Waals surface area contributed by atoms with Gasteiger partial charge in [-0.3, -0.25) is 0 Å². The molecular formula is C11H18. The van der Waals surface area contributed by atoms with Gasteiger partial charge in [-0.05, 0) is 30.1 Å². The molecule has 0 aromatic heterocycles. The summed E-state index contributed by atoms with van der Waals surface area (Å²) in [6.45, 7) is 7.02. The van der Waals surface area contributed by atoms with E-state index in [2.05, 4.69) is 26.8 Å². The highest BCUT2D eigenvalue weighted by atomic mass is 14.4. The average molecular weight is 150 g/mol. The molecule has 0 bridgehead atoms. The molecule has 0 radical (unpaired) electrons. The summed E-state index contributed by atoms with van der Waals surface area (Å²) in [6.07, 6.45) is 6.92. The molecule has 0 aromatic rings. The first-order valence-electron chi connectivity index (χ1n) is 4.81. The van der Waals surface area contributed by atoms with Crippen molar-refractivity contribution in [1.29, 1.82) is 0 Å². The van der Waals surface area contributed by atoms with Crippen molar-refractivity contribution in [2.75, 3.05) is 0 Å². The molecule has 0 heteroatoms. The normalized spacial score (nSPS) is 36.1. The molecule has 0 heterocycles. The lowest BCUT2D eigenvalue weighted by molar-refractivity contribution is 0.340. The Labute approximate surface area is 69.7 Å². The molecule has 0 spiro atoms. The zero-order chi connectivity index (χ0) is 8.06. The van der Waals surface area contributed by atoms with E-state index in [1.807, 2.05) is 0 Å². The summed E-state index contributed by atoms with van der Waals surface area (Å²) in [5.74, 6) is 1.96. The highest BCUT2D eigenvalue weighted by molar-refractivity contribution is 5.28. The molecule has 2 rings (SSSR count). The first-order chi connectivity index (χ1) is 5.09. The molecule has 0 aliphatic heterocycles. The van der Waals surface area contributed by atoms with Gasteiger partial charge < -0.3 is 0 Å². The lowest BCUT2D eigenvalue weighted by Gasteiger charge is -2.39. The Bertz CT molecular complexity index is 193. The van der Waals surface area contributed by atoms with Gasteiger partial charge in [-0.25, -0.2) is 0 Å². The van der Waals surface area contributed by atoms with E-state index in [0.29, 0.717) is 5.41 Å². The van der Waals surface area contributed by atoms with Gasteiger partial charge in [-0.1, -0.05) is 38.8 Å². The number of allylic oxidation sites excluding steroid dienone is 2. The first-order valence-corrected chi connectivity index (χ1v) is 4.81. The molecule has 0 N–H and O–H groups in total. The summed E-state index contributed by atoms with van der Waals surface area (Å²) in [4.78, 5) is 0. The number of rotatable bonds is 0. The molecular weight excluding hydrogens is 132 g/mol. The van der Waals surface area contributed by atoms with Crippen LogP contribution in [0, 0.1) is 17.3 Å². The molecule has 1 saturated carbocycles. The van der Waals surface area contributed by atoms with E-state index in [0.717, 1.165) is 11.8 Å². The van der Waals surface area contributed by atoms with E-state index in [4.69, 9.17) is 0 Å². The fourth-order valence-corrected chi connectivity index (χ4v) is 2.62. The molecule has 0 saturated heterocycles. The highest BCUT2D eigenvalue weighted by Gasteiger charge is 2.40. The maximum absolute atomic E-state index is 2.53. The van der Waals surface area contributed by atoms with Gasteiger partial charge in [0.05, 0.1) is 0 Å². The molecule has 1 fully saturated rings. The Morgan fingerprint density at radius 2 is 2.00 bits per heavy atom. The Morgan fingerprint density at radius 3 is 2.55 bits per heavy atom. The number of hydrogen-bond acceptors (Lipinski definition) is 0. The third kappa shape index (κ3) is 1.04. The van der Waals surface area contributed by atoms with Crippen LogP contribution in [-0.4, -0.2) is 0 Å². The largest absolute Gasteiger partial charge is 0.0808 e. The van der Waals surface area contributed by atoms with E-state index in [1.165, 1.54) is 19.3 Å². The predicted molar refractivity (Wildman–Crippen MR) is 48.4 cm³/mol. The molecule has 2 unspecified atom stereocenters. The van der Waals surface area contributed by atoms with Crippen molar-refractivity contribution in [2.45, 2.75) is 40.0 Å². The van der Waals surface area contributed by atoms with Crippen LogP contribution >= 0.6 is 0 Å². The van der Waals surface area contributed by atoms with Gasteiger partial charge in [-0.2, -0.15) is 0 Å². The maximum Gasteiger partial charge on any atom is -0.0135 e. The zero-order valence-corrected chi connectivity index (χ0v) is 7.85. The minimum atomic E-state index is 0.450. The van der Waals surface area contributed by atoms with Gasteiger partial charge in [-0.15, -0.1) is 0 Å². The lowest BCUT2D eigenvalue weighted by Crippen LogP contribution is -2.28. The van der Waals surface area contributed by atoms with E-state index >= 15 is 0 Å². The summed E-state index contributed by atoms with van der Waals surface area (Å²) in [5, 5.41) is 0. The fourth-order valence-electron chi connectivity index (χ4n) is 2.62. The standard InChI is InChI=1S/C11H18/c1-11(2,3)10-7-8-5-4-6-9(8)10/h7-9H,4-6H2,1-3H3. The van der Waals surface area contributed by atoms with Crippen molar-refractivity contribution in [3.63, 3.8) is 0 Å². The predicted octanol–water partition coefficient (Wildman–Crippen LogP) is 3.39. The first kappa shape index (κ1) is 7.39. The Kier molecular flexibility index (Phi) is 1.42. The number of hydrogen-bond donors (Lipinski definition) is 0. The maximum atomic E-state index is 2.53. The van der Waals surface area contributed by atoms with Crippen molar-refractivity contribution < 1.29 is 0 Å². The second kappa shape index (κ2) is 2.12. The van der Waals surface area contributed by atoms with Gasteiger partial charge in [0.15, 0.2) is 0 Å². The summed E-state index contributed by atoms with van der Waals surface area (Å²) < 4.78 is 0. The van der Waals surface area contributed by atoms with Crippen LogP contribution < -0.4 is 0 Å². The van der Waals surface area contributed by atoms with Crippen LogP contribution in [0.5, 0.6) is 0 Å². The SMILES string of the molecule is CC(C)(C)C1=CC2CCCC12. The molecule has 2 aliphatic rings.